The summed E-state index contributed by atoms with van der Waals surface area (Å²) in [6, 6.07) is 0. The molecule has 0 heterocycles. The van der Waals surface area contributed by atoms with Crippen LogP contribution in [0.4, 0.5) is 0 Å². The molecular weight excluding hydrogens is 344 g/mol. The second-order valence-corrected chi connectivity index (χ2v) is 9.49. The highest BCUT2D eigenvalue weighted by Crippen LogP contribution is 2.58. The lowest BCUT2D eigenvalue weighted by Gasteiger charge is -2.43. The molecule has 5 aliphatic rings. The zero-order chi connectivity index (χ0) is 15.4. The summed E-state index contributed by atoms with van der Waals surface area (Å²) in [7, 11) is 0. The summed E-state index contributed by atoms with van der Waals surface area (Å²) in [5.41, 5.74) is 3.73. The van der Waals surface area contributed by atoms with Crippen LogP contribution >= 0.6 is 15.9 Å². The minimum absolute atomic E-state index is 0.731. The molecule has 122 valence electrons. The van der Waals surface area contributed by atoms with E-state index in [1.165, 1.54) is 44.9 Å². The van der Waals surface area contributed by atoms with E-state index in [1.807, 2.05) is 11.1 Å². The summed E-state index contributed by atoms with van der Waals surface area (Å²) in [6.07, 6.45) is 24.5. The normalized spacial score (nSPS) is 47.6. The summed E-state index contributed by atoms with van der Waals surface area (Å²) in [6.45, 7) is 0. The Hall–Kier alpha value is -0.560. The molecule has 5 rings (SSSR count). The topological polar surface area (TPSA) is 0 Å². The fourth-order valence-electron chi connectivity index (χ4n) is 6.48. The summed E-state index contributed by atoms with van der Waals surface area (Å²) in [4.78, 5) is 0.764. The van der Waals surface area contributed by atoms with Gasteiger partial charge in [-0.3, -0.25) is 0 Å². The van der Waals surface area contributed by atoms with E-state index >= 15 is 0 Å². The monoisotopic (exact) mass is 370 g/mol. The Morgan fingerprint density at radius 1 is 0.870 bits per heavy atom. The highest BCUT2D eigenvalue weighted by atomic mass is 79.9. The van der Waals surface area contributed by atoms with Gasteiger partial charge in [0.1, 0.15) is 0 Å². The smallest absolute Gasteiger partial charge is 0.0177 e. The molecule has 0 aromatic heterocycles. The summed E-state index contributed by atoms with van der Waals surface area (Å²) < 4.78 is 0. The molecule has 0 N–H and O–H groups in total. The van der Waals surface area contributed by atoms with Gasteiger partial charge in [0.15, 0.2) is 0 Å². The average Bonchev–Trinajstić information content (AvgIpc) is 2.93. The van der Waals surface area contributed by atoms with Crippen LogP contribution in [0.5, 0.6) is 0 Å². The standard InChI is InChI=1S/C22H27Br/c23-21-11-4-3-8-17(21)16-12-13-20-15-7-2-1-6-14(15)18-9-5-10-19(16)22(18)20/h1-2,5-7,10,14-19,21H,3-4,8-9,11-13H2. The highest BCUT2D eigenvalue weighted by molar-refractivity contribution is 9.09. The van der Waals surface area contributed by atoms with Crippen molar-refractivity contribution in [3.05, 3.63) is 47.6 Å². The fraction of sp³-hybridized carbons (Fsp3) is 0.636. The van der Waals surface area contributed by atoms with Crippen molar-refractivity contribution in [2.75, 3.05) is 0 Å². The first-order chi connectivity index (χ1) is 11.3. The third-order valence-corrected chi connectivity index (χ3v) is 8.53. The van der Waals surface area contributed by atoms with Crippen LogP contribution < -0.4 is 0 Å². The lowest BCUT2D eigenvalue weighted by Crippen LogP contribution is -2.36. The predicted octanol–water partition coefficient (Wildman–Crippen LogP) is 6.21. The second-order valence-electron chi connectivity index (χ2n) is 8.32. The number of halogens is 1. The van der Waals surface area contributed by atoms with Gasteiger partial charge in [-0.15, -0.1) is 0 Å². The molecule has 0 bridgehead atoms. The lowest BCUT2D eigenvalue weighted by molar-refractivity contribution is 0.197. The van der Waals surface area contributed by atoms with Crippen molar-refractivity contribution in [1.29, 1.82) is 0 Å². The summed E-state index contributed by atoms with van der Waals surface area (Å²) >= 11 is 4.05. The van der Waals surface area contributed by atoms with Crippen molar-refractivity contribution in [1.82, 2.24) is 0 Å². The highest BCUT2D eigenvalue weighted by Gasteiger charge is 2.49. The van der Waals surface area contributed by atoms with Crippen molar-refractivity contribution >= 4 is 15.9 Å². The van der Waals surface area contributed by atoms with E-state index in [4.69, 9.17) is 0 Å². The van der Waals surface area contributed by atoms with Gasteiger partial charge < -0.3 is 0 Å². The Kier molecular flexibility index (Phi) is 3.69. The SMILES string of the molecule is BrC1CCCCC1C1CCC2=C3C1C=CCC3C1C=CC=CC21. The number of hydrogen-bond acceptors (Lipinski definition) is 0. The summed E-state index contributed by atoms with van der Waals surface area (Å²) in [5, 5.41) is 0. The van der Waals surface area contributed by atoms with E-state index in [0.29, 0.717) is 0 Å². The molecule has 0 amide bonds. The van der Waals surface area contributed by atoms with Crippen LogP contribution in [0.1, 0.15) is 44.9 Å². The van der Waals surface area contributed by atoms with Crippen molar-refractivity contribution in [3.63, 3.8) is 0 Å². The van der Waals surface area contributed by atoms with Crippen LogP contribution in [0.3, 0.4) is 0 Å². The molecule has 1 saturated carbocycles. The van der Waals surface area contributed by atoms with Gasteiger partial charge in [0.25, 0.3) is 0 Å². The molecule has 0 aliphatic heterocycles. The predicted molar refractivity (Wildman–Crippen MR) is 100 cm³/mol. The molecule has 7 unspecified atom stereocenters. The summed E-state index contributed by atoms with van der Waals surface area (Å²) in [5.74, 6) is 4.86. The number of alkyl halides is 1. The zero-order valence-electron chi connectivity index (χ0n) is 13.8. The Balaban J connectivity index is 1.51. The van der Waals surface area contributed by atoms with Crippen LogP contribution in [0.15, 0.2) is 47.6 Å². The van der Waals surface area contributed by atoms with Gasteiger partial charge >= 0.3 is 0 Å². The van der Waals surface area contributed by atoms with Crippen LogP contribution in [0.2, 0.25) is 0 Å². The van der Waals surface area contributed by atoms with E-state index in [0.717, 1.165) is 40.3 Å². The fourth-order valence-corrected chi connectivity index (χ4v) is 7.46. The molecule has 0 spiro atoms. The third-order valence-electron chi connectivity index (χ3n) is 7.40. The van der Waals surface area contributed by atoms with Gasteiger partial charge in [-0.1, -0.05) is 76.4 Å². The molecule has 0 nitrogen and oxygen atoms in total. The van der Waals surface area contributed by atoms with Gasteiger partial charge in [0, 0.05) is 16.7 Å². The zero-order valence-corrected chi connectivity index (χ0v) is 15.4. The van der Waals surface area contributed by atoms with Crippen LogP contribution in [0.25, 0.3) is 0 Å². The quantitative estimate of drug-likeness (QED) is 0.380. The van der Waals surface area contributed by atoms with Crippen molar-refractivity contribution < 1.29 is 0 Å². The van der Waals surface area contributed by atoms with E-state index in [-0.39, 0.29) is 0 Å². The van der Waals surface area contributed by atoms with Crippen LogP contribution in [0, 0.1) is 35.5 Å². The van der Waals surface area contributed by atoms with Crippen molar-refractivity contribution in [3.8, 4) is 0 Å². The average molecular weight is 371 g/mol. The molecule has 23 heavy (non-hydrogen) atoms. The number of fused-ring (bicyclic) bond motifs is 3. The number of rotatable bonds is 1. The molecule has 1 heteroatoms. The first-order valence-electron chi connectivity index (χ1n) is 9.73. The maximum atomic E-state index is 4.05. The van der Waals surface area contributed by atoms with E-state index in [9.17, 15) is 0 Å². The Morgan fingerprint density at radius 3 is 2.65 bits per heavy atom. The molecule has 7 atom stereocenters. The lowest BCUT2D eigenvalue weighted by atomic mass is 9.63. The first-order valence-corrected chi connectivity index (χ1v) is 10.6. The Labute approximate surface area is 148 Å². The van der Waals surface area contributed by atoms with Gasteiger partial charge in [0.2, 0.25) is 0 Å². The largest absolute Gasteiger partial charge is 0.0888 e. The van der Waals surface area contributed by atoms with Gasteiger partial charge in [0.05, 0.1) is 0 Å². The molecule has 0 radical (unpaired) electrons. The minimum Gasteiger partial charge on any atom is -0.0888 e. The maximum absolute atomic E-state index is 4.05. The third kappa shape index (κ3) is 2.22. The second kappa shape index (κ2) is 5.76. The number of hydrogen-bond donors (Lipinski definition) is 0. The van der Waals surface area contributed by atoms with Crippen LogP contribution in [-0.4, -0.2) is 4.83 Å². The van der Waals surface area contributed by atoms with E-state index in [2.05, 4.69) is 52.4 Å². The van der Waals surface area contributed by atoms with E-state index < -0.39 is 0 Å². The minimum atomic E-state index is 0.731. The molecule has 5 aliphatic carbocycles. The molecular formula is C22H27Br. The maximum Gasteiger partial charge on any atom is 0.0177 e. The van der Waals surface area contributed by atoms with Crippen LogP contribution in [-0.2, 0) is 0 Å². The molecule has 0 saturated heterocycles. The Bertz CT molecular complexity index is 607. The van der Waals surface area contributed by atoms with Crippen molar-refractivity contribution in [2.45, 2.75) is 49.8 Å². The molecule has 0 aromatic rings. The first kappa shape index (κ1) is 14.8. The molecule has 0 aromatic carbocycles. The Morgan fingerprint density at radius 2 is 1.74 bits per heavy atom. The van der Waals surface area contributed by atoms with Gasteiger partial charge in [-0.05, 0) is 55.8 Å². The van der Waals surface area contributed by atoms with Gasteiger partial charge in [-0.2, -0.15) is 0 Å². The van der Waals surface area contributed by atoms with Gasteiger partial charge in [-0.25, -0.2) is 0 Å². The molecule has 1 fully saturated rings. The van der Waals surface area contributed by atoms with E-state index in [1.54, 1.807) is 0 Å². The number of allylic oxidation sites excluding steroid dienone is 8. The van der Waals surface area contributed by atoms with Crippen molar-refractivity contribution in [2.24, 2.45) is 35.5 Å².